The fourth-order valence-electron chi connectivity index (χ4n) is 1.91. The third-order valence-corrected chi connectivity index (χ3v) is 2.97. The second kappa shape index (κ2) is 5.44. The lowest BCUT2D eigenvalue weighted by Crippen LogP contribution is -2.19. The Morgan fingerprint density at radius 1 is 1.38 bits per heavy atom. The Kier molecular flexibility index (Phi) is 4.48. The normalized spacial score (nSPS) is 13.8. The van der Waals surface area contributed by atoms with Gasteiger partial charge < -0.3 is 5.32 Å². The molecule has 0 radical (unpaired) electrons. The van der Waals surface area contributed by atoms with E-state index in [9.17, 15) is 0 Å². The van der Waals surface area contributed by atoms with Gasteiger partial charge in [-0.05, 0) is 49.4 Å². The molecule has 0 spiro atoms. The van der Waals surface area contributed by atoms with Crippen LogP contribution in [0.2, 0.25) is 0 Å². The van der Waals surface area contributed by atoms with Crippen LogP contribution in [0.15, 0.2) is 18.5 Å². The molecule has 1 N–H and O–H groups in total. The summed E-state index contributed by atoms with van der Waals surface area (Å²) < 4.78 is 0. The molecule has 1 heterocycles. The molecule has 0 aromatic carbocycles. The molecule has 0 amide bonds. The maximum atomic E-state index is 4.14. The van der Waals surface area contributed by atoms with E-state index in [1.54, 1.807) is 0 Å². The van der Waals surface area contributed by atoms with Crippen molar-refractivity contribution < 1.29 is 0 Å². The van der Waals surface area contributed by atoms with Gasteiger partial charge in [-0.1, -0.05) is 20.8 Å². The van der Waals surface area contributed by atoms with E-state index >= 15 is 0 Å². The fraction of sp³-hybridized carbons (Fsp3) is 0.643. The van der Waals surface area contributed by atoms with Crippen molar-refractivity contribution in [1.29, 1.82) is 0 Å². The van der Waals surface area contributed by atoms with Crippen molar-refractivity contribution >= 4 is 0 Å². The van der Waals surface area contributed by atoms with Crippen molar-refractivity contribution in [1.82, 2.24) is 10.3 Å². The smallest absolute Gasteiger partial charge is 0.0321 e. The molecule has 16 heavy (non-hydrogen) atoms. The molecule has 0 aliphatic carbocycles. The molecule has 0 bridgehead atoms. The van der Waals surface area contributed by atoms with Crippen LogP contribution in [0.4, 0.5) is 0 Å². The van der Waals surface area contributed by atoms with Gasteiger partial charge in [-0.3, -0.25) is 4.98 Å². The van der Waals surface area contributed by atoms with Gasteiger partial charge in [0.25, 0.3) is 0 Å². The molecule has 90 valence electrons. The molecule has 0 saturated carbocycles. The summed E-state index contributed by atoms with van der Waals surface area (Å²) in [7, 11) is 2.03. The summed E-state index contributed by atoms with van der Waals surface area (Å²) in [4.78, 5) is 4.14. The molecule has 1 atom stereocenters. The highest BCUT2D eigenvalue weighted by Gasteiger charge is 2.16. The predicted molar refractivity (Wildman–Crippen MR) is 69.5 cm³/mol. The van der Waals surface area contributed by atoms with Gasteiger partial charge in [-0.2, -0.15) is 0 Å². The topological polar surface area (TPSA) is 24.9 Å². The van der Waals surface area contributed by atoms with Crippen molar-refractivity contribution in [3.8, 4) is 0 Å². The van der Waals surface area contributed by atoms with E-state index in [0.29, 0.717) is 11.5 Å². The van der Waals surface area contributed by atoms with Gasteiger partial charge >= 0.3 is 0 Å². The van der Waals surface area contributed by atoms with Gasteiger partial charge in [0.05, 0.1) is 0 Å². The third kappa shape index (κ3) is 3.93. The lowest BCUT2D eigenvalue weighted by atomic mass is 9.86. The number of nitrogens with zero attached hydrogens (tertiary/aromatic N) is 1. The molecule has 2 heteroatoms. The number of aromatic nitrogens is 1. The number of aryl methyl sites for hydroxylation is 1. The molecule has 1 rings (SSSR count). The minimum atomic E-state index is 0.399. The van der Waals surface area contributed by atoms with Crippen LogP contribution in [0.25, 0.3) is 0 Å². The molecule has 0 aliphatic rings. The second-order valence-electron chi connectivity index (χ2n) is 5.67. The Bertz CT molecular complexity index is 326. The predicted octanol–water partition coefficient (Wildman–Crippen LogP) is 3.48. The summed E-state index contributed by atoms with van der Waals surface area (Å²) in [6.45, 7) is 9.00. The maximum Gasteiger partial charge on any atom is 0.0321 e. The second-order valence-corrected chi connectivity index (χ2v) is 5.67. The molecular formula is C14H24N2. The molecule has 1 aromatic rings. The summed E-state index contributed by atoms with van der Waals surface area (Å²) in [5.74, 6) is 0. The highest BCUT2D eigenvalue weighted by molar-refractivity contribution is 5.25. The largest absolute Gasteiger partial charge is 0.313 e. The van der Waals surface area contributed by atoms with Crippen LogP contribution in [-0.4, -0.2) is 12.0 Å². The van der Waals surface area contributed by atoms with E-state index in [1.807, 2.05) is 19.4 Å². The van der Waals surface area contributed by atoms with E-state index in [4.69, 9.17) is 0 Å². The monoisotopic (exact) mass is 220 g/mol. The zero-order chi connectivity index (χ0) is 12.2. The fourth-order valence-corrected chi connectivity index (χ4v) is 1.91. The van der Waals surface area contributed by atoms with Crippen LogP contribution in [0.5, 0.6) is 0 Å². The van der Waals surface area contributed by atoms with Crippen LogP contribution < -0.4 is 5.32 Å². The molecule has 2 nitrogen and oxygen atoms in total. The number of pyridine rings is 1. The first kappa shape index (κ1) is 13.2. The number of nitrogens with one attached hydrogen (secondary N) is 1. The highest BCUT2D eigenvalue weighted by atomic mass is 14.9. The van der Waals surface area contributed by atoms with Crippen LogP contribution in [0.3, 0.4) is 0 Å². The zero-order valence-corrected chi connectivity index (χ0v) is 11.2. The van der Waals surface area contributed by atoms with Crippen molar-refractivity contribution in [3.63, 3.8) is 0 Å². The molecule has 1 aromatic heterocycles. The summed E-state index contributed by atoms with van der Waals surface area (Å²) in [6, 6.07) is 2.57. The van der Waals surface area contributed by atoms with Crippen molar-refractivity contribution in [2.24, 2.45) is 5.41 Å². The van der Waals surface area contributed by atoms with Crippen molar-refractivity contribution in [2.75, 3.05) is 7.05 Å². The van der Waals surface area contributed by atoms with Crippen molar-refractivity contribution in [2.45, 2.75) is 46.6 Å². The van der Waals surface area contributed by atoms with E-state index in [-0.39, 0.29) is 0 Å². The maximum absolute atomic E-state index is 4.14. The average molecular weight is 220 g/mol. The zero-order valence-electron chi connectivity index (χ0n) is 11.2. The lowest BCUT2D eigenvalue weighted by Gasteiger charge is -2.24. The summed E-state index contributed by atoms with van der Waals surface area (Å²) in [5, 5.41) is 3.40. The summed E-state index contributed by atoms with van der Waals surface area (Å²) in [5.41, 5.74) is 3.05. The minimum absolute atomic E-state index is 0.399. The Morgan fingerprint density at radius 3 is 2.56 bits per heavy atom. The first-order valence-electron chi connectivity index (χ1n) is 6.02. The lowest BCUT2D eigenvalue weighted by molar-refractivity contribution is 0.337. The summed E-state index contributed by atoms with van der Waals surface area (Å²) >= 11 is 0. The Balaban J connectivity index is 2.72. The van der Waals surface area contributed by atoms with Gasteiger partial charge in [0.2, 0.25) is 0 Å². The van der Waals surface area contributed by atoms with Gasteiger partial charge in [-0.15, -0.1) is 0 Å². The Morgan fingerprint density at radius 2 is 2.06 bits per heavy atom. The highest BCUT2D eigenvalue weighted by Crippen LogP contribution is 2.28. The van der Waals surface area contributed by atoms with Gasteiger partial charge in [0.15, 0.2) is 0 Å². The molecular weight excluding hydrogens is 196 g/mol. The van der Waals surface area contributed by atoms with Crippen LogP contribution >= 0.6 is 0 Å². The van der Waals surface area contributed by atoms with Gasteiger partial charge in [0.1, 0.15) is 0 Å². The van der Waals surface area contributed by atoms with E-state index < -0.39 is 0 Å². The Hall–Kier alpha value is -0.890. The van der Waals surface area contributed by atoms with Crippen LogP contribution in [-0.2, 0) is 0 Å². The molecule has 0 saturated heterocycles. The van der Waals surface area contributed by atoms with E-state index in [0.717, 1.165) is 0 Å². The Labute approximate surface area is 99.5 Å². The quantitative estimate of drug-likeness (QED) is 0.840. The van der Waals surface area contributed by atoms with Crippen molar-refractivity contribution in [3.05, 3.63) is 29.6 Å². The first-order valence-corrected chi connectivity index (χ1v) is 6.02. The van der Waals surface area contributed by atoms with Crippen LogP contribution in [0, 0.1) is 12.3 Å². The van der Waals surface area contributed by atoms with Crippen LogP contribution in [0.1, 0.15) is 50.8 Å². The molecule has 1 unspecified atom stereocenters. The summed E-state index contributed by atoms with van der Waals surface area (Å²) in [6.07, 6.45) is 6.21. The number of rotatable bonds is 4. The molecule has 0 fully saturated rings. The molecule has 0 aliphatic heterocycles. The standard InChI is InChI=1S/C14H24N2/c1-11-10-16-9-7-12(11)13(15-5)6-8-14(2,3)4/h7,9-10,13,15H,6,8H2,1-5H3. The van der Waals surface area contributed by atoms with Gasteiger partial charge in [0, 0.05) is 18.4 Å². The number of hydrogen-bond donors (Lipinski definition) is 1. The average Bonchev–Trinajstić information content (AvgIpc) is 2.20. The number of hydrogen-bond acceptors (Lipinski definition) is 2. The third-order valence-electron chi connectivity index (χ3n) is 2.97. The van der Waals surface area contributed by atoms with Gasteiger partial charge in [-0.25, -0.2) is 0 Å². The first-order chi connectivity index (χ1) is 7.44. The van der Waals surface area contributed by atoms with E-state index in [1.165, 1.54) is 24.0 Å². The minimum Gasteiger partial charge on any atom is -0.313 e. The van der Waals surface area contributed by atoms with E-state index in [2.05, 4.69) is 44.1 Å². The SMILES string of the molecule is CNC(CCC(C)(C)C)c1ccncc1C.